The van der Waals surface area contributed by atoms with Crippen LogP contribution in [-0.4, -0.2) is 27.7 Å². The van der Waals surface area contributed by atoms with Gasteiger partial charge in [0.15, 0.2) is 0 Å². The first-order chi connectivity index (χ1) is 8.11. The van der Waals surface area contributed by atoms with Crippen LogP contribution in [0.5, 0.6) is 5.88 Å². The van der Waals surface area contributed by atoms with Gasteiger partial charge in [0, 0.05) is 5.56 Å². The number of ether oxygens (including phenoxy) is 1. The summed E-state index contributed by atoms with van der Waals surface area (Å²) in [7, 11) is 0. The van der Waals surface area contributed by atoms with Crippen molar-refractivity contribution < 1.29 is 14.6 Å². The zero-order chi connectivity index (χ0) is 12.8. The lowest BCUT2D eigenvalue weighted by molar-refractivity contribution is -0.139. The van der Waals surface area contributed by atoms with Crippen molar-refractivity contribution in [1.82, 2.24) is 9.97 Å². The fraction of sp³-hybridized carbons (Fsp3) is 0.583. The Morgan fingerprint density at radius 2 is 2.18 bits per heavy atom. The molecular formula is C12H18N2O3. The molecular weight excluding hydrogens is 220 g/mol. The Kier molecular flexibility index (Phi) is 4.87. The summed E-state index contributed by atoms with van der Waals surface area (Å²) >= 11 is 0. The molecule has 0 fully saturated rings. The van der Waals surface area contributed by atoms with Gasteiger partial charge in [0.25, 0.3) is 0 Å². The van der Waals surface area contributed by atoms with E-state index in [1.54, 1.807) is 6.92 Å². The molecule has 0 amide bonds. The second-order valence-corrected chi connectivity index (χ2v) is 3.80. The molecule has 0 spiro atoms. The Balaban J connectivity index is 3.10. The first kappa shape index (κ1) is 13.4. The van der Waals surface area contributed by atoms with Crippen LogP contribution in [0.25, 0.3) is 0 Å². The van der Waals surface area contributed by atoms with Crippen molar-refractivity contribution in [2.24, 2.45) is 0 Å². The van der Waals surface area contributed by atoms with E-state index in [0.29, 0.717) is 24.6 Å². The quantitative estimate of drug-likeness (QED) is 0.822. The number of carboxylic acids is 1. The minimum Gasteiger partial charge on any atom is -0.481 e. The first-order valence-corrected chi connectivity index (χ1v) is 5.78. The van der Waals surface area contributed by atoms with Crippen LogP contribution in [0, 0.1) is 6.92 Å². The minimum absolute atomic E-state index is 0.472. The van der Waals surface area contributed by atoms with E-state index in [-0.39, 0.29) is 0 Å². The lowest BCUT2D eigenvalue weighted by Crippen LogP contribution is -2.15. The second-order valence-electron chi connectivity index (χ2n) is 3.80. The van der Waals surface area contributed by atoms with Gasteiger partial charge in [-0.1, -0.05) is 13.3 Å². The summed E-state index contributed by atoms with van der Waals surface area (Å²) in [6, 6.07) is 0. The fourth-order valence-electron chi connectivity index (χ4n) is 1.75. The van der Waals surface area contributed by atoms with Crippen LogP contribution in [0.2, 0.25) is 0 Å². The molecule has 0 aliphatic rings. The zero-order valence-corrected chi connectivity index (χ0v) is 10.4. The van der Waals surface area contributed by atoms with Crippen molar-refractivity contribution in [2.75, 3.05) is 6.61 Å². The molecule has 0 radical (unpaired) electrons. The first-order valence-electron chi connectivity index (χ1n) is 5.78. The van der Waals surface area contributed by atoms with E-state index >= 15 is 0 Å². The molecule has 0 bridgehead atoms. The number of aromatic nitrogens is 2. The Hall–Kier alpha value is -1.65. The van der Waals surface area contributed by atoms with Crippen molar-refractivity contribution in [3.63, 3.8) is 0 Å². The summed E-state index contributed by atoms with van der Waals surface area (Å²) in [6.07, 6.45) is 2.72. The van der Waals surface area contributed by atoms with Gasteiger partial charge >= 0.3 is 5.97 Å². The molecule has 94 valence electrons. The van der Waals surface area contributed by atoms with E-state index in [9.17, 15) is 9.90 Å². The minimum atomic E-state index is -0.851. The van der Waals surface area contributed by atoms with E-state index in [1.807, 2.05) is 13.8 Å². The average molecular weight is 238 g/mol. The molecule has 1 aromatic rings. The Morgan fingerprint density at radius 1 is 1.47 bits per heavy atom. The second kappa shape index (κ2) is 6.18. The highest BCUT2D eigenvalue weighted by molar-refractivity contribution is 5.76. The van der Waals surface area contributed by atoms with Crippen LogP contribution in [-0.2, 0) is 4.79 Å². The maximum atomic E-state index is 11.2. The van der Waals surface area contributed by atoms with Crippen molar-refractivity contribution in [3.05, 3.63) is 17.6 Å². The van der Waals surface area contributed by atoms with Crippen LogP contribution in [0.3, 0.4) is 0 Å². The van der Waals surface area contributed by atoms with Gasteiger partial charge in [-0.2, -0.15) is 0 Å². The van der Waals surface area contributed by atoms with Gasteiger partial charge in [-0.25, -0.2) is 9.97 Å². The van der Waals surface area contributed by atoms with Gasteiger partial charge in [0.1, 0.15) is 6.33 Å². The van der Waals surface area contributed by atoms with Gasteiger partial charge in [0.2, 0.25) is 5.88 Å². The predicted octanol–water partition coefficient (Wildman–Crippen LogP) is 2.15. The standard InChI is InChI=1S/C12H18N2O3/c1-4-6-9(12(15)16)10-8(3)11(17-5-2)14-7-13-10/h7,9H,4-6H2,1-3H3,(H,15,16). The SMILES string of the molecule is CCCC(C(=O)O)c1ncnc(OCC)c1C. The molecule has 0 saturated carbocycles. The lowest BCUT2D eigenvalue weighted by Gasteiger charge is -2.14. The Labute approximate surface area is 101 Å². The molecule has 0 aliphatic carbocycles. The van der Waals surface area contributed by atoms with Gasteiger partial charge in [0.05, 0.1) is 18.2 Å². The lowest BCUT2D eigenvalue weighted by atomic mass is 9.96. The average Bonchev–Trinajstić information content (AvgIpc) is 2.29. The molecule has 1 aromatic heterocycles. The van der Waals surface area contributed by atoms with Crippen LogP contribution in [0.4, 0.5) is 0 Å². The summed E-state index contributed by atoms with van der Waals surface area (Å²) in [5, 5.41) is 9.20. The summed E-state index contributed by atoms with van der Waals surface area (Å²) in [5.41, 5.74) is 1.27. The number of carboxylic acid groups (broad SMARTS) is 1. The number of hydrogen-bond donors (Lipinski definition) is 1. The normalized spacial score (nSPS) is 12.2. The van der Waals surface area contributed by atoms with E-state index in [0.717, 1.165) is 12.0 Å². The fourth-order valence-corrected chi connectivity index (χ4v) is 1.75. The highest BCUT2D eigenvalue weighted by atomic mass is 16.5. The third kappa shape index (κ3) is 3.15. The molecule has 5 nitrogen and oxygen atoms in total. The van der Waals surface area contributed by atoms with Gasteiger partial charge < -0.3 is 9.84 Å². The molecule has 0 saturated heterocycles. The van der Waals surface area contributed by atoms with Crippen LogP contribution >= 0.6 is 0 Å². The van der Waals surface area contributed by atoms with Crippen molar-refractivity contribution in [2.45, 2.75) is 39.5 Å². The maximum Gasteiger partial charge on any atom is 0.312 e. The summed E-state index contributed by atoms with van der Waals surface area (Å²) in [5.74, 6) is -0.960. The van der Waals surface area contributed by atoms with Gasteiger partial charge in [-0.05, 0) is 20.3 Å². The third-order valence-electron chi connectivity index (χ3n) is 2.56. The van der Waals surface area contributed by atoms with E-state index < -0.39 is 11.9 Å². The van der Waals surface area contributed by atoms with Gasteiger partial charge in [-0.15, -0.1) is 0 Å². The monoisotopic (exact) mass is 238 g/mol. The highest BCUT2D eigenvalue weighted by Crippen LogP contribution is 2.26. The molecule has 0 aliphatic heterocycles. The Morgan fingerprint density at radius 3 is 2.71 bits per heavy atom. The smallest absolute Gasteiger partial charge is 0.312 e. The molecule has 1 N–H and O–H groups in total. The molecule has 1 unspecified atom stereocenters. The summed E-state index contributed by atoms with van der Waals surface area (Å²) < 4.78 is 5.34. The van der Waals surface area contributed by atoms with Crippen LogP contribution < -0.4 is 4.74 Å². The number of nitrogens with zero attached hydrogens (tertiary/aromatic N) is 2. The zero-order valence-electron chi connectivity index (χ0n) is 10.4. The van der Waals surface area contributed by atoms with E-state index in [2.05, 4.69) is 9.97 Å². The topological polar surface area (TPSA) is 72.3 Å². The van der Waals surface area contributed by atoms with Crippen molar-refractivity contribution >= 4 is 5.97 Å². The van der Waals surface area contributed by atoms with Crippen LogP contribution in [0.15, 0.2) is 6.33 Å². The number of aliphatic carboxylic acids is 1. The Bertz CT molecular complexity index is 393. The van der Waals surface area contributed by atoms with E-state index in [1.165, 1.54) is 6.33 Å². The molecule has 1 rings (SSSR count). The predicted molar refractivity (Wildman–Crippen MR) is 63.2 cm³/mol. The third-order valence-corrected chi connectivity index (χ3v) is 2.56. The molecule has 0 aromatic carbocycles. The number of rotatable bonds is 6. The number of carbonyl (C=O) groups is 1. The molecule has 1 heterocycles. The van der Waals surface area contributed by atoms with Crippen molar-refractivity contribution in [1.29, 1.82) is 0 Å². The molecule has 1 atom stereocenters. The van der Waals surface area contributed by atoms with Crippen molar-refractivity contribution in [3.8, 4) is 5.88 Å². The number of hydrogen-bond acceptors (Lipinski definition) is 4. The summed E-state index contributed by atoms with van der Waals surface area (Å²) in [6.45, 7) is 6.12. The van der Waals surface area contributed by atoms with Crippen LogP contribution in [0.1, 0.15) is 43.9 Å². The maximum absolute atomic E-state index is 11.2. The summed E-state index contributed by atoms with van der Waals surface area (Å²) in [4.78, 5) is 19.3. The highest BCUT2D eigenvalue weighted by Gasteiger charge is 2.24. The molecule has 17 heavy (non-hydrogen) atoms. The van der Waals surface area contributed by atoms with Gasteiger partial charge in [-0.3, -0.25) is 4.79 Å². The molecule has 5 heteroatoms. The van der Waals surface area contributed by atoms with E-state index in [4.69, 9.17) is 4.74 Å². The largest absolute Gasteiger partial charge is 0.481 e.